The summed E-state index contributed by atoms with van der Waals surface area (Å²) >= 11 is 5.12. The third-order valence-corrected chi connectivity index (χ3v) is 3.43. The molecule has 1 fully saturated rings. The Bertz CT molecular complexity index is 481. The first-order valence-corrected chi connectivity index (χ1v) is 6.37. The predicted octanol–water partition coefficient (Wildman–Crippen LogP) is 1.78. The van der Waals surface area contributed by atoms with Crippen LogP contribution in [0, 0.1) is 0 Å². The van der Waals surface area contributed by atoms with E-state index in [-0.39, 0.29) is 5.91 Å². The van der Waals surface area contributed by atoms with E-state index in [0.717, 1.165) is 10.6 Å². The maximum Gasteiger partial charge on any atom is 0.273 e. The van der Waals surface area contributed by atoms with Gasteiger partial charge in [-0.1, -0.05) is 29.8 Å². The Labute approximate surface area is 115 Å². The molecule has 1 aromatic carbocycles. The number of likely N-dealkylation sites (N-methyl/N-ethyl adjacent to an activating group) is 1. The number of carbonyl (C=O) groups excluding carboxylic acids is 2. The minimum atomic E-state index is -2.11. The molecule has 2 unspecified atom stereocenters. The van der Waals surface area contributed by atoms with Gasteiger partial charge in [0.2, 0.25) is 5.91 Å². The van der Waals surface area contributed by atoms with Gasteiger partial charge in [0.1, 0.15) is 6.04 Å². The highest BCUT2D eigenvalue weighted by Crippen LogP contribution is 2.24. The van der Waals surface area contributed by atoms with Gasteiger partial charge in [0.25, 0.3) is 11.5 Å². The normalized spacial score (nSPS) is 20.5. The lowest BCUT2D eigenvalue weighted by molar-refractivity contribution is -0.138. The van der Waals surface area contributed by atoms with Crippen molar-refractivity contribution in [2.45, 2.75) is 18.1 Å². The van der Waals surface area contributed by atoms with Crippen LogP contribution in [0.15, 0.2) is 30.3 Å². The molecule has 0 bridgehead atoms. The van der Waals surface area contributed by atoms with E-state index < -0.39 is 17.6 Å². The molecule has 4 nitrogen and oxygen atoms in total. The molecule has 2 atom stereocenters. The molecule has 1 heterocycles. The van der Waals surface area contributed by atoms with Gasteiger partial charge in [-0.05, 0) is 18.6 Å². The second-order valence-electron chi connectivity index (χ2n) is 4.38. The highest BCUT2D eigenvalue weighted by atomic mass is 35.5. The number of nitrogens with zero attached hydrogens (tertiary/aromatic N) is 2. The van der Waals surface area contributed by atoms with Crippen LogP contribution >= 0.6 is 11.6 Å². The minimum absolute atomic E-state index is 0.209. The number of hydrogen-bond donors (Lipinski definition) is 0. The summed E-state index contributed by atoms with van der Waals surface area (Å²) in [6, 6.07) is 8.52. The maximum atomic E-state index is 12.8. The van der Waals surface area contributed by atoms with Crippen LogP contribution in [0.1, 0.15) is 6.42 Å². The van der Waals surface area contributed by atoms with E-state index in [9.17, 15) is 14.0 Å². The highest BCUT2D eigenvalue weighted by Gasteiger charge is 2.38. The van der Waals surface area contributed by atoms with Crippen molar-refractivity contribution in [2.24, 2.45) is 0 Å². The summed E-state index contributed by atoms with van der Waals surface area (Å²) in [7, 11) is 1.40. The molecule has 1 aliphatic heterocycles. The Kier molecular flexibility index (Phi) is 4.04. The molecule has 0 aromatic heterocycles. The van der Waals surface area contributed by atoms with Crippen LogP contribution in [0.4, 0.5) is 10.1 Å². The van der Waals surface area contributed by atoms with Gasteiger partial charge in [0, 0.05) is 19.3 Å². The highest BCUT2D eigenvalue weighted by molar-refractivity contribution is 6.29. The Morgan fingerprint density at radius 1 is 1.47 bits per heavy atom. The van der Waals surface area contributed by atoms with Gasteiger partial charge in [-0.15, -0.1) is 0 Å². The first-order chi connectivity index (χ1) is 9.02. The number of rotatable bonds is 3. The molecule has 2 rings (SSSR count). The van der Waals surface area contributed by atoms with Crippen molar-refractivity contribution in [2.75, 3.05) is 18.5 Å². The van der Waals surface area contributed by atoms with Crippen molar-refractivity contribution >= 4 is 29.1 Å². The second-order valence-corrected chi connectivity index (χ2v) is 4.76. The number of halogens is 2. The second kappa shape index (κ2) is 5.57. The molecule has 0 saturated carbocycles. The van der Waals surface area contributed by atoms with E-state index in [1.165, 1.54) is 7.05 Å². The van der Waals surface area contributed by atoms with Crippen LogP contribution in [0.2, 0.25) is 0 Å². The average Bonchev–Trinajstić information content (AvgIpc) is 2.79. The number of amides is 2. The summed E-state index contributed by atoms with van der Waals surface area (Å²) in [5.74, 6) is -1.09. The molecular weight excluding hydrogens is 271 g/mol. The topological polar surface area (TPSA) is 40.6 Å². The van der Waals surface area contributed by atoms with Crippen LogP contribution in [-0.4, -0.2) is 42.0 Å². The SMILES string of the molecule is CN(C(=O)C(F)Cl)C1CCN(c2ccccc2)C1=O. The lowest BCUT2D eigenvalue weighted by Crippen LogP contribution is -2.45. The number of anilines is 1. The first-order valence-electron chi connectivity index (χ1n) is 5.93. The molecule has 19 heavy (non-hydrogen) atoms. The van der Waals surface area contributed by atoms with Crippen molar-refractivity contribution < 1.29 is 14.0 Å². The molecule has 1 aromatic rings. The third-order valence-electron chi connectivity index (χ3n) is 3.25. The van der Waals surface area contributed by atoms with E-state index >= 15 is 0 Å². The monoisotopic (exact) mass is 284 g/mol. The Balaban J connectivity index is 2.12. The molecule has 0 aliphatic carbocycles. The fourth-order valence-corrected chi connectivity index (χ4v) is 2.35. The molecule has 2 amide bonds. The van der Waals surface area contributed by atoms with E-state index in [1.807, 2.05) is 30.3 Å². The van der Waals surface area contributed by atoms with E-state index in [0.29, 0.717) is 13.0 Å². The summed E-state index contributed by atoms with van der Waals surface area (Å²) < 4.78 is 12.8. The largest absolute Gasteiger partial charge is 0.330 e. The number of hydrogen-bond acceptors (Lipinski definition) is 2. The summed E-state index contributed by atoms with van der Waals surface area (Å²) in [6.45, 7) is 0.504. The summed E-state index contributed by atoms with van der Waals surface area (Å²) in [5.41, 5.74) is -1.33. The maximum absolute atomic E-state index is 12.8. The van der Waals surface area contributed by atoms with E-state index in [2.05, 4.69) is 0 Å². The molecule has 0 radical (unpaired) electrons. The summed E-state index contributed by atoms with van der Waals surface area (Å²) in [4.78, 5) is 26.4. The summed E-state index contributed by atoms with van der Waals surface area (Å²) in [5, 5.41) is 0. The fraction of sp³-hybridized carbons (Fsp3) is 0.385. The van der Waals surface area contributed by atoms with Gasteiger partial charge in [-0.25, -0.2) is 4.39 Å². The average molecular weight is 285 g/mol. The lowest BCUT2D eigenvalue weighted by atomic mass is 10.2. The molecule has 1 aliphatic rings. The molecule has 0 N–H and O–H groups in total. The molecule has 6 heteroatoms. The van der Waals surface area contributed by atoms with Gasteiger partial charge in [0.15, 0.2) is 0 Å². The van der Waals surface area contributed by atoms with Crippen molar-refractivity contribution in [1.82, 2.24) is 4.90 Å². The molecular formula is C13H14ClFN2O2. The van der Waals surface area contributed by atoms with Gasteiger partial charge in [-0.3, -0.25) is 9.59 Å². The Morgan fingerprint density at radius 3 is 2.68 bits per heavy atom. The first kappa shape index (κ1) is 13.8. The van der Waals surface area contributed by atoms with Crippen molar-refractivity contribution in [3.8, 4) is 0 Å². The number of alkyl halides is 2. The van der Waals surface area contributed by atoms with E-state index in [4.69, 9.17) is 11.6 Å². The smallest absolute Gasteiger partial charge is 0.273 e. The standard InChI is InChI=1S/C13H14ClFN2O2/c1-16(13(19)11(14)15)10-7-8-17(12(10)18)9-5-3-2-4-6-9/h2-6,10-11H,7-8H2,1H3. The number of para-hydroxylation sites is 1. The quantitative estimate of drug-likeness (QED) is 0.794. The van der Waals surface area contributed by atoms with Crippen LogP contribution in [-0.2, 0) is 9.59 Å². The van der Waals surface area contributed by atoms with Crippen LogP contribution in [0.25, 0.3) is 0 Å². The summed E-state index contributed by atoms with van der Waals surface area (Å²) in [6.07, 6.45) is 0.472. The van der Waals surface area contributed by atoms with Gasteiger partial charge >= 0.3 is 0 Å². The van der Waals surface area contributed by atoms with Crippen molar-refractivity contribution in [3.63, 3.8) is 0 Å². The van der Waals surface area contributed by atoms with Crippen LogP contribution in [0.5, 0.6) is 0 Å². The molecule has 1 saturated heterocycles. The zero-order chi connectivity index (χ0) is 14.0. The number of carbonyl (C=O) groups is 2. The lowest BCUT2D eigenvalue weighted by Gasteiger charge is -2.24. The molecule has 0 spiro atoms. The predicted molar refractivity (Wildman–Crippen MR) is 70.7 cm³/mol. The third kappa shape index (κ3) is 2.71. The number of benzene rings is 1. The van der Waals surface area contributed by atoms with E-state index in [1.54, 1.807) is 4.90 Å². The van der Waals surface area contributed by atoms with Gasteiger partial charge < -0.3 is 9.80 Å². The van der Waals surface area contributed by atoms with Gasteiger partial charge in [0.05, 0.1) is 0 Å². The van der Waals surface area contributed by atoms with Crippen LogP contribution in [0.3, 0.4) is 0 Å². The van der Waals surface area contributed by atoms with Crippen molar-refractivity contribution in [1.29, 1.82) is 0 Å². The Hall–Kier alpha value is -1.62. The molecule has 102 valence electrons. The van der Waals surface area contributed by atoms with Crippen LogP contribution < -0.4 is 4.90 Å². The zero-order valence-corrected chi connectivity index (χ0v) is 11.2. The van der Waals surface area contributed by atoms with Crippen molar-refractivity contribution in [3.05, 3.63) is 30.3 Å². The zero-order valence-electron chi connectivity index (χ0n) is 10.4. The fourth-order valence-electron chi connectivity index (χ4n) is 2.20. The minimum Gasteiger partial charge on any atom is -0.330 e. The Morgan fingerprint density at radius 2 is 2.11 bits per heavy atom. The van der Waals surface area contributed by atoms with Gasteiger partial charge in [-0.2, -0.15) is 0 Å².